The summed E-state index contributed by atoms with van der Waals surface area (Å²) in [4.78, 5) is 25.6. The summed E-state index contributed by atoms with van der Waals surface area (Å²) >= 11 is 3.25. The van der Waals surface area contributed by atoms with E-state index in [0.29, 0.717) is 4.47 Å². The molecule has 0 atom stereocenters. The highest BCUT2D eigenvalue weighted by Gasteiger charge is 2.39. The van der Waals surface area contributed by atoms with Crippen LogP contribution >= 0.6 is 15.9 Å². The van der Waals surface area contributed by atoms with Crippen LogP contribution in [0, 0.1) is 0 Å². The standard InChI is InChI=1S/C25H16BrF3O6/c1-32-18-9-6-13(11-20(18)33-2)21-22(30)17-8-7-16(12-19(17)35-23(21)25(27,28)29)34-24(31)14-4-3-5-15(26)10-14/h3-12H,1-2H3. The Balaban J connectivity index is 1.84. The molecule has 0 bridgehead atoms. The van der Waals surface area contributed by atoms with Gasteiger partial charge in [0.2, 0.25) is 11.2 Å². The van der Waals surface area contributed by atoms with Crippen molar-refractivity contribution in [3.05, 3.63) is 86.7 Å². The zero-order valence-electron chi connectivity index (χ0n) is 18.2. The first-order chi connectivity index (χ1) is 16.6. The Morgan fingerprint density at radius 1 is 0.943 bits per heavy atom. The van der Waals surface area contributed by atoms with Crippen molar-refractivity contribution in [1.29, 1.82) is 0 Å². The first-order valence-corrected chi connectivity index (χ1v) is 10.8. The minimum Gasteiger partial charge on any atom is -0.493 e. The Labute approximate surface area is 205 Å². The fourth-order valence-electron chi connectivity index (χ4n) is 3.47. The van der Waals surface area contributed by atoms with Crippen molar-refractivity contribution < 1.29 is 36.6 Å². The van der Waals surface area contributed by atoms with Gasteiger partial charge in [-0.2, -0.15) is 13.2 Å². The lowest BCUT2D eigenvalue weighted by molar-refractivity contribution is -0.152. The molecule has 10 heteroatoms. The average molecular weight is 549 g/mol. The number of alkyl halides is 3. The summed E-state index contributed by atoms with van der Waals surface area (Å²) in [6.45, 7) is 0. The number of hydrogen-bond acceptors (Lipinski definition) is 6. The highest BCUT2D eigenvalue weighted by molar-refractivity contribution is 9.10. The van der Waals surface area contributed by atoms with E-state index >= 15 is 0 Å². The molecule has 3 aromatic carbocycles. The molecule has 4 rings (SSSR count). The van der Waals surface area contributed by atoms with Gasteiger partial charge >= 0.3 is 12.1 Å². The maximum absolute atomic E-state index is 14.0. The molecule has 4 aromatic rings. The molecule has 6 nitrogen and oxygen atoms in total. The van der Waals surface area contributed by atoms with Crippen molar-refractivity contribution in [1.82, 2.24) is 0 Å². The summed E-state index contributed by atoms with van der Waals surface area (Å²) in [6, 6.07) is 14.0. The van der Waals surface area contributed by atoms with Crippen LogP contribution in [-0.4, -0.2) is 20.2 Å². The zero-order valence-corrected chi connectivity index (χ0v) is 19.8. The summed E-state index contributed by atoms with van der Waals surface area (Å²) < 4.78 is 63.2. The first-order valence-electron chi connectivity index (χ1n) is 10.0. The molecule has 35 heavy (non-hydrogen) atoms. The molecule has 0 fully saturated rings. The molecule has 1 aromatic heterocycles. The fraction of sp³-hybridized carbons (Fsp3) is 0.120. The van der Waals surface area contributed by atoms with E-state index in [2.05, 4.69) is 15.9 Å². The van der Waals surface area contributed by atoms with E-state index in [1.54, 1.807) is 12.1 Å². The summed E-state index contributed by atoms with van der Waals surface area (Å²) in [5.41, 5.74) is -1.80. The monoisotopic (exact) mass is 548 g/mol. The Morgan fingerprint density at radius 2 is 1.69 bits per heavy atom. The predicted octanol–water partition coefficient (Wildman–Crippen LogP) is 6.48. The van der Waals surface area contributed by atoms with Crippen LogP contribution in [-0.2, 0) is 6.18 Å². The minimum atomic E-state index is -4.99. The van der Waals surface area contributed by atoms with E-state index < -0.39 is 28.9 Å². The number of benzene rings is 3. The van der Waals surface area contributed by atoms with Crippen LogP contribution < -0.4 is 19.6 Å². The Hall–Kier alpha value is -3.79. The highest BCUT2D eigenvalue weighted by atomic mass is 79.9. The molecule has 0 radical (unpaired) electrons. The SMILES string of the molecule is COc1ccc(-c2c(C(F)(F)F)oc3cc(OC(=O)c4cccc(Br)c4)ccc3c2=O)cc1OC. The third kappa shape index (κ3) is 4.88. The Kier molecular flexibility index (Phi) is 6.58. The van der Waals surface area contributed by atoms with E-state index in [-0.39, 0.29) is 39.3 Å². The van der Waals surface area contributed by atoms with Gasteiger partial charge in [-0.15, -0.1) is 0 Å². The molecule has 0 spiro atoms. The smallest absolute Gasteiger partial charge is 0.450 e. The summed E-state index contributed by atoms with van der Waals surface area (Å²) in [5.74, 6) is -1.87. The van der Waals surface area contributed by atoms with Gasteiger partial charge in [-0.3, -0.25) is 4.79 Å². The largest absolute Gasteiger partial charge is 0.493 e. The number of ether oxygens (including phenoxy) is 3. The lowest BCUT2D eigenvalue weighted by Crippen LogP contribution is -2.16. The van der Waals surface area contributed by atoms with Crippen LogP contribution in [0.25, 0.3) is 22.1 Å². The number of carbonyl (C=O) groups excluding carboxylic acids is 1. The van der Waals surface area contributed by atoms with Gasteiger partial charge in [-0.25, -0.2) is 4.79 Å². The minimum absolute atomic E-state index is 0.0595. The quantitative estimate of drug-likeness (QED) is 0.210. The molecule has 1 heterocycles. The third-order valence-corrected chi connectivity index (χ3v) is 5.56. The van der Waals surface area contributed by atoms with Gasteiger partial charge in [0.25, 0.3) is 0 Å². The van der Waals surface area contributed by atoms with Gasteiger partial charge in [-0.1, -0.05) is 28.1 Å². The molecule has 0 saturated carbocycles. The fourth-order valence-corrected chi connectivity index (χ4v) is 3.87. The highest BCUT2D eigenvalue weighted by Crippen LogP contribution is 2.40. The number of carbonyl (C=O) groups is 1. The van der Waals surface area contributed by atoms with Crippen LogP contribution in [0.5, 0.6) is 17.2 Å². The maximum atomic E-state index is 14.0. The number of hydrogen-bond donors (Lipinski definition) is 0. The number of esters is 1. The second-order valence-corrected chi connectivity index (χ2v) is 8.18. The molecule has 0 N–H and O–H groups in total. The first kappa shape index (κ1) is 24.3. The second-order valence-electron chi connectivity index (χ2n) is 7.26. The van der Waals surface area contributed by atoms with E-state index in [0.717, 1.165) is 6.07 Å². The van der Waals surface area contributed by atoms with Gasteiger partial charge in [0.05, 0.1) is 30.7 Å². The molecular formula is C25H16BrF3O6. The number of methoxy groups -OCH3 is 2. The van der Waals surface area contributed by atoms with Crippen molar-refractivity contribution in [2.75, 3.05) is 14.2 Å². The molecule has 0 aliphatic heterocycles. The molecule has 180 valence electrons. The van der Waals surface area contributed by atoms with E-state index in [4.69, 9.17) is 18.6 Å². The lowest BCUT2D eigenvalue weighted by atomic mass is 10.0. The molecule has 0 aliphatic rings. The van der Waals surface area contributed by atoms with Crippen molar-refractivity contribution >= 4 is 32.9 Å². The normalized spacial score (nSPS) is 11.4. The third-order valence-electron chi connectivity index (χ3n) is 5.06. The van der Waals surface area contributed by atoms with Crippen LogP contribution in [0.1, 0.15) is 16.1 Å². The predicted molar refractivity (Wildman–Crippen MR) is 125 cm³/mol. The van der Waals surface area contributed by atoms with Crippen LogP contribution in [0.4, 0.5) is 13.2 Å². The zero-order chi connectivity index (χ0) is 25.3. The van der Waals surface area contributed by atoms with E-state index in [1.807, 2.05) is 0 Å². The van der Waals surface area contributed by atoms with Gasteiger partial charge in [0.15, 0.2) is 11.5 Å². The van der Waals surface area contributed by atoms with Crippen molar-refractivity contribution in [3.8, 4) is 28.4 Å². The summed E-state index contributed by atoms with van der Waals surface area (Å²) in [5, 5.41) is -0.120. The van der Waals surface area contributed by atoms with Gasteiger partial charge in [-0.05, 0) is 48.0 Å². The summed E-state index contributed by atoms with van der Waals surface area (Å²) in [6.07, 6.45) is -4.99. The number of fused-ring (bicyclic) bond motifs is 1. The molecular weight excluding hydrogens is 533 g/mol. The topological polar surface area (TPSA) is 75.0 Å². The Bertz CT molecular complexity index is 1490. The van der Waals surface area contributed by atoms with Gasteiger partial charge < -0.3 is 18.6 Å². The average Bonchev–Trinajstić information content (AvgIpc) is 2.82. The Morgan fingerprint density at radius 3 is 2.34 bits per heavy atom. The summed E-state index contributed by atoms with van der Waals surface area (Å²) in [7, 11) is 2.70. The molecule has 0 saturated heterocycles. The van der Waals surface area contributed by atoms with Crippen LogP contribution in [0.15, 0.2) is 74.3 Å². The maximum Gasteiger partial charge on any atom is 0.450 e. The van der Waals surface area contributed by atoms with E-state index in [1.165, 1.54) is 56.7 Å². The van der Waals surface area contributed by atoms with Crippen molar-refractivity contribution in [3.63, 3.8) is 0 Å². The van der Waals surface area contributed by atoms with Crippen molar-refractivity contribution in [2.24, 2.45) is 0 Å². The van der Waals surface area contributed by atoms with Crippen molar-refractivity contribution in [2.45, 2.75) is 6.18 Å². The molecule has 0 aliphatic carbocycles. The lowest BCUT2D eigenvalue weighted by Gasteiger charge is -2.15. The molecule has 0 amide bonds. The van der Waals surface area contributed by atoms with Crippen LogP contribution in [0.3, 0.4) is 0 Å². The van der Waals surface area contributed by atoms with Gasteiger partial charge in [0, 0.05) is 10.5 Å². The van der Waals surface area contributed by atoms with Crippen LogP contribution in [0.2, 0.25) is 0 Å². The van der Waals surface area contributed by atoms with E-state index in [9.17, 15) is 22.8 Å². The van der Waals surface area contributed by atoms with Gasteiger partial charge in [0.1, 0.15) is 11.3 Å². The molecule has 0 unspecified atom stereocenters. The number of rotatable bonds is 5. The number of halogens is 4. The second kappa shape index (κ2) is 9.46.